The Labute approximate surface area is 100 Å². The lowest BCUT2D eigenvalue weighted by molar-refractivity contribution is -0.119. The van der Waals surface area contributed by atoms with Crippen LogP contribution in [0.4, 0.5) is 5.69 Å². The van der Waals surface area contributed by atoms with Crippen LogP contribution >= 0.6 is 0 Å². The Morgan fingerprint density at radius 3 is 2.47 bits per heavy atom. The van der Waals surface area contributed by atoms with Crippen LogP contribution in [-0.2, 0) is 14.3 Å². The smallest absolute Gasteiger partial charge is 0.262 e. The largest absolute Gasteiger partial charge is 0.501 e. The second-order valence-electron chi connectivity index (χ2n) is 3.36. The summed E-state index contributed by atoms with van der Waals surface area (Å²) >= 11 is 0. The Hall–Kier alpha value is -2.10. The van der Waals surface area contributed by atoms with Gasteiger partial charge in [0.15, 0.2) is 5.78 Å². The molecule has 1 amide bonds. The molecular formula is C13H15NO3. The molecule has 0 aliphatic rings. The highest BCUT2D eigenvalue weighted by atomic mass is 16.5. The third-order valence-corrected chi connectivity index (χ3v) is 2.02. The predicted octanol–water partition coefficient (Wildman–Crippen LogP) is 2.13. The number of anilines is 1. The van der Waals surface area contributed by atoms with E-state index in [1.54, 1.807) is 31.2 Å². The summed E-state index contributed by atoms with van der Waals surface area (Å²) in [5.74, 6) is -0.788. The molecule has 0 aliphatic carbocycles. The highest BCUT2D eigenvalue weighted by Gasteiger charge is 2.14. The minimum Gasteiger partial charge on any atom is -0.501 e. The number of amides is 1. The van der Waals surface area contributed by atoms with Gasteiger partial charge in [-0.15, -0.1) is 0 Å². The van der Waals surface area contributed by atoms with Crippen molar-refractivity contribution in [2.24, 2.45) is 0 Å². The van der Waals surface area contributed by atoms with Gasteiger partial charge < -0.3 is 10.1 Å². The maximum atomic E-state index is 11.8. The lowest BCUT2D eigenvalue weighted by Crippen LogP contribution is -2.19. The number of ketones is 1. The van der Waals surface area contributed by atoms with Crippen molar-refractivity contribution in [1.82, 2.24) is 0 Å². The minimum absolute atomic E-state index is 0.00991. The number of nitrogens with one attached hydrogen (secondary N) is 1. The first-order valence-electron chi connectivity index (χ1n) is 5.34. The van der Waals surface area contributed by atoms with E-state index < -0.39 is 5.91 Å². The second kappa shape index (κ2) is 6.48. The summed E-state index contributed by atoms with van der Waals surface area (Å²) in [6.45, 7) is 3.52. The molecule has 1 aromatic carbocycles. The molecule has 0 aliphatic heterocycles. The highest BCUT2D eigenvalue weighted by molar-refractivity contribution is 6.22. The van der Waals surface area contributed by atoms with Gasteiger partial charge in [0.05, 0.1) is 12.9 Å². The molecule has 0 spiro atoms. The summed E-state index contributed by atoms with van der Waals surface area (Å²) in [7, 11) is 0. The zero-order valence-corrected chi connectivity index (χ0v) is 9.90. The van der Waals surface area contributed by atoms with Gasteiger partial charge in [0.2, 0.25) is 0 Å². The van der Waals surface area contributed by atoms with E-state index in [0.29, 0.717) is 12.3 Å². The van der Waals surface area contributed by atoms with E-state index in [-0.39, 0.29) is 11.4 Å². The van der Waals surface area contributed by atoms with Gasteiger partial charge in [-0.3, -0.25) is 9.59 Å². The van der Waals surface area contributed by atoms with Crippen molar-refractivity contribution >= 4 is 17.4 Å². The quantitative estimate of drug-likeness (QED) is 0.367. The summed E-state index contributed by atoms with van der Waals surface area (Å²) < 4.78 is 4.97. The third kappa shape index (κ3) is 4.10. The topological polar surface area (TPSA) is 55.4 Å². The molecule has 1 rings (SSSR count). The zero-order chi connectivity index (χ0) is 12.7. The van der Waals surface area contributed by atoms with Crippen LogP contribution in [0.25, 0.3) is 0 Å². The summed E-state index contributed by atoms with van der Waals surface area (Å²) in [6, 6.07) is 8.94. The molecule has 0 atom stereocenters. The molecule has 17 heavy (non-hydrogen) atoms. The van der Waals surface area contributed by atoms with Gasteiger partial charge in [-0.2, -0.15) is 0 Å². The molecule has 4 heteroatoms. The van der Waals surface area contributed by atoms with Crippen molar-refractivity contribution in [3.05, 3.63) is 42.2 Å². The number of Topliss-reactive ketones (excluding diaryl/α,β-unsaturated/α-hetero) is 1. The van der Waals surface area contributed by atoms with E-state index in [9.17, 15) is 9.59 Å². The Kier molecular flexibility index (Phi) is 4.94. The van der Waals surface area contributed by atoms with Crippen LogP contribution in [0.3, 0.4) is 0 Å². The lowest BCUT2D eigenvalue weighted by atomic mass is 10.2. The van der Waals surface area contributed by atoms with E-state index in [4.69, 9.17) is 4.74 Å². The van der Waals surface area contributed by atoms with Crippen LogP contribution in [-0.4, -0.2) is 18.3 Å². The molecular weight excluding hydrogens is 218 g/mol. The third-order valence-electron chi connectivity index (χ3n) is 2.02. The summed E-state index contributed by atoms with van der Waals surface area (Å²) in [4.78, 5) is 23.1. The van der Waals surface area contributed by atoms with Crippen molar-refractivity contribution in [2.75, 3.05) is 11.9 Å². The fourth-order valence-corrected chi connectivity index (χ4v) is 1.18. The Morgan fingerprint density at radius 1 is 1.29 bits per heavy atom. The van der Waals surface area contributed by atoms with Crippen LogP contribution in [0.2, 0.25) is 0 Å². The first kappa shape index (κ1) is 13.0. The van der Waals surface area contributed by atoms with Crippen molar-refractivity contribution in [2.45, 2.75) is 13.8 Å². The number of carbonyl (C=O) groups is 2. The van der Waals surface area contributed by atoms with E-state index in [2.05, 4.69) is 5.32 Å². The van der Waals surface area contributed by atoms with Crippen molar-refractivity contribution in [3.8, 4) is 0 Å². The highest BCUT2D eigenvalue weighted by Crippen LogP contribution is 2.08. The first-order valence-corrected chi connectivity index (χ1v) is 5.34. The molecule has 0 radical (unpaired) electrons. The number of para-hydroxylation sites is 1. The fourth-order valence-electron chi connectivity index (χ4n) is 1.18. The molecule has 4 nitrogen and oxygen atoms in total. The molecule has 0 aromatic heterocycles. The maximum absolute atomic E-state index is 11.8. The molecule has 0 fully saturated rings. The van der Waals surface area contributed by atoms with Crippen molar-refractivity contribution in [3.63, 3.8) is 0 Å². The average molecular weight is 233 g/mol. The van der Waals surface area contributed by atoms with Gasteiger partial charge in [-0.25, -0.2) is 0 Å². The molecule has 0 heterocycles. The monoisotopic (exact) mass is 233 g/mol. The minimum atomic E-state index is -0.461. The van der Waals surface area contributed by atoms with Gasteiger partial charge in [-0.1, -0.05) is 18.2 Å². The van der Waals surface area contributed by atoms with E-state index >= 15 is 0 Å². The molecule has 0 bridgehead atoms. The lowest BCUT2D eigenvalue weighted by Gasteiger charge is -2.06. The summed E-state index contributed by atoms with van der Waals surface area (Å²) in [6.07, 6.45) is 1.20. The normalized spacial score (nSPS) is 10.8. The number of rotatable bonds is 5. The van der Waals surface area contributed by atoms with Gasteiger partial charge in [0.1, 0.15) is 5.57 Å². The Balaban J connectivity index is 2.76. The number of benzene rings is 1. The zero-order valence-electron chi connectivity index (χ0n) is 9.90. The molecule has 90 valence electrons. The van der Waals surface area contributed by atoms with Crippen molar-refractivity contribution in [1.29, 1.82) is 0 Å². The average Bonchev–Trinajstić information content (AvgIpc) is 2.30. The standard InChI is InChI=1S/C13H15NO3/c1-3-17-9-12(10(2)15)13(16)14-11-7-5-4-6-8-11/h4-9H,3H2,1-2H3,(H,14,16)/b12-9+. The van der Waals surface area contributed by atoms with Gasteiger partial charge in [-0.05, 0) is 26.0 Å². The molecule has 0 saturated heterocycles. The molecule has 0 unspecified atom stereocenters. The predicted molar refractivity (Wildman–Crippen MR) is 65.5 cm³/mol. The second-order valence-corrected chi connectivity index (χ2v) is 3.36. The SMILES string of the molecule is CCO/C=C(\C(C)=O)C(=O)Nc1ccccc1. The first-order chi connectivity index (χ1) is 8.15. The summed E-state index contributed by atoms with van der Waals surface area (Å²) in [5, 5.41) is 2.62. The maximum Gasteiger partial charge on any atom is 0.262 e. The Morgan fingerprint density at radius 2 is 1.94 bits per heavy atom. The van der Waals surface area contributed by atoms with Crippen LogP contribution in [0.1, 0.15) is 13.8 Å². The molecule has 0 saturated carbocycles. The molecule has 1 N–H and O–H groups in total. The number of carbonyl (C=O) groups excluding carboxylic acids is 2. The Bertz CT molecular complexity index is 424. The summed E-state index contributed by atoms with van der Waals surface area (Å²) in [5.41, 5.74) is 0.650. The van der Waals surface area contributed by atoms with Crippen LogP contribution < -0.4 is 5.32 Å². The van der Waals surface area contributed by atoms with E-state index in [1.807, 2.05) is 6.07 Å². The van der Waals surface area contributed by atoms with Crippen LogP contribution in [0.15, 0.2) is 42.2 Å². The fraction of sp³-hybridized carbons (Fsp3) is 0.231. The van der Waals surface area contributed by atoms with Crippen LogP contribution in [0, 0.1) is 0 Å². The van der Waals surface area contributed by atoms with Gasteiger partial charge >= 0.3 is 0 Å². The van der Waals surface area contributed by atoms with E-state index in [0.717, 1.165) is 0 Å². The number of hydrogen-bond acceptors (Lipinski definition) is 3. The van der Waals surface area contributed by atoms with Crippen LogP contribution in [0.5, 0.6) is 0 Å². The number of ether oxygens (including phenoxy) is 1. The van der Waals surface area contributed by atoms with Gasteiger partial charge in [0, 0.05) is 5.69 Å². The van der Waals surface area contributed by atoms with E-state index in [1.165, 1.54) is 13.2 Å². The number of hydrogen-bond donors (Lipinski definition) is 1. The van der Waals surface area contributed by atoms with Crippen molar-refractivity contribution < 1.29 is 14.3 Å². The van der Waals surface area contributed by atoms with Gasteiger partial charge in [0.25, 0.3) is 5.91 Å². The molecule has 1 aromatic rings.